The number of pyridine rings is 1. The molecule has 4 nitrogen and oxygen atoms in total. The second-order valence-corrected chi connectivity index (χ2v) is 4.05. The fraction of sp³-hybridized carbons (Fsp3) is 0.500. The van der Waals surface area contributed by atoms with Crippen molar-refractivity contribution in [2.75, 3.05) is 19.5 Å². The molecule has 0 radical (unpaired) electrons. The smallest absolute Gasteiger partial charge is 0.217 e. The molecule has 0 fully saturated rings. The molecule has 1 atom stereocenters. The van der Waals surface area contributed by atoms with Crippen LogP contribution in [0.2, 0.25) is 0 Å². The van der Waals surface area contributed by atoms with Crippen LogP contribution in [0.3, 0.4) is 0 Å². The summed E-state index contributed by atoms with van der Waals surface area (Å²) in [5.41, 5.74) is 0.995. The average molecular weight is 229 g/mol. The standard InChI is InChI=1S/C10H15NO3S/c1-14-10-8(3-2-4-11-10)6-15-7-9(13)5-12/h2-4,9,12-13H,5-7H2,1H3. The van der Waals surface area contributed by atoms with E-state index in [1.165, 1.54) is 11.8 Å². The maximum atomic E-state index is 9.14. The van der Waals surface area contributed by atoms with Crippen molar-refractivity contribution in [3.8, 4) is 5.88 Å². The third-order valence-corrected chi connectivity index (χ3v) is 2.96. The lowest BCUT2D eigenvalue weighted by atomic mass is 10.3. The van der Waals surface area contributed by atoms with Gasteiger partial charge < -0.3 is 14.9 Å². The van der Waals surface area contributed by atoms with Crippen LogP contribution in [0.25, 0.3) is 0 Å². The molecule has 0 spiro atoms. The van der Waals surface area contributed by atoms with Gasteiger partial charge in [0.05, 0.1) is 19.8 Å². The van der Waals surface area contributed by atoms with Crippen LogP contribution in [0.15, 0.2) is 18.3 Å². The number of aliphatic hydroxyl groups is 2. The van der Waals surface area contributed by atoms with Gasteiger partial charge in [-0.15, -0.1) is 0 Å². The summed E-state index contributed by atoms with van der Waals surface area (Å²) in [6.45, 7) is -0.197. The highest BCUT2D eigenvalue weighted by Crippen LogP contribution is 2.20. The van der Waals surface area contributed by atoms with E-state index < -0.39 is 6.10 Å². The Hall–Kier alpha value is -0.780. The summed E-state index contributed by atoms with van der Waals surface area (Å²) in [5.74, 6) is 1.84. The Kier molecular flexibility index (Phi) is 5.45. The largest absolute Gasteiger partial charge is 0.481 e. The first-order valence-electron chi connectivity index (χ1n) is 4.62. The van der Waals surface area contributed by atoms with Crippen molar-refractivity contribution in [2.45, 2.75) is 11.9 Å². The molecular formula is C10H15NO3S. The number of methoxy groups -OCH3 is 1. The van der Waals surface area contributed by atoms with Crippen molar-refractivity contribution in [2.24, 2.45) is 0 Å². The summed E-state index contributed by atoms with van der Waals surface area (Å²) in [7, 11) is 1.58. The molecule has 0 saturated carbocycles. The summed E-state index contributed by atoms with van der Waals surface area (Å²) >= 11 is 1.54. The van der Waals surface area contributed by atoms with E-state index in [-0.39, 0.29) is 6.61 Å². The summed E-state index contributed by atoms with van der Waals surface area (Å²) in [6, 6.07) is 3.78. The summed E-state index contributed by atoms with van der Waals surface area (Å²) in [6.07, 6.45) is 1.02. The van der Waals surface area contributed by atoms with Crippen LogP contribution < -0.4 is 4.74 Å². The first kappa shape index (κ1) is 12.3. The zero-order chi connectivity index (χ0) is 11.1. The van der Waals surface area contributed by atoms with E-state index in [2.05, 4.69) is 4.98 Å². The molecule has 1 heterocycles. The van der Waals surface area contributed by atoms with E-state index in [1.807, 2.05) is 12.1 Å². The van der Waals surface area contributed by atoms with Crippen LogP contribution in [0.1, 0.15) is 5.56 Å². The van der Waals surface area contributed by atoms with Crippen molar-refractivity contribution in [3.05, 3.63) is 23.9 Å². The van der Waals surface area contributed by atoms with Crippen LogP contribution in [-0.2, 0) is 5.75 Å². The zero-order valence-electron chi connectivity index (χ0n) is 8.59. The number of nitrogens with zero attached hydrogens (tertiary/aromatic N) is 1. The molecule has 1 aromatic rings. The number of ether oxygens (including phenoxy) is 1. The maximum Gasteiger partial charge on any atom is 0.217 e. The Balaban J connectivity index is 2.43. The van der Waals surface area contributed by atoms with E-state index in [9.17, 15) is 0 Å². The molecule has 1 aromatic heterocycles. The molecule has 0 aromatic carbocycles. The molecule has 0 bridgehead atoms. The fourth-order valence-corrected chi connectivity index (χ4v) is 2.01. The summed E-state index contributed by atoms with van der Waals surface area (Å²) in [5, 5.41) is 17.8. The summed E-state index contributed by atoms with van der Waals surface area (Å²) < 4.78 is 5.09. The van der Waals surface area contributed by atoms with Gasteiger partial charge in [-0.05, 0) is 6.07 Å². The Morgan fingerprint density at radius 1 is 1.60 bits per heavy atom. The van der Waals surface area contributed by atoms with Gasteiger partial charge in [-0.25, -0.2) is 4.98 Å². The number of aromatic nitrogens is 1. The second kappa shape index (κ2) is 6.66. The Labute approximate surface area is 93.3 Å². The van der Waals surface area contributed by atoms with Crippen molar-refractivity contribution in [1.82, 2.24) is 4.98 Å². The van der Waals surface area contributed by atoms with E-state index in [1.54, 1.807) is 13.3 Å². The van der Waals surface area contributed by atoms with Gasteiger partial charge >= 0.3 is 0 Å². The lowest BCUT2D eigenvalue weighted by molar-refractivity contribution is 0.113. The minimum absolute atomic E-state index is 0.197. The Morgan fingerprint density at radius 2 is 2.40 bits per heavy atom. The van der Waals surface area contributed by atoms with Crippen LogP contribution >= 0.6 is 11.8 Å². The maximum absolute atomic E-state index is 9.14. The normalized spacial score (nSPS) is 12.5. The first-order chi connectivity index (χ1) is 7.27. The molecule has 0 aliphatic carbocycles. The number of hydrogen-bond acceptors (Lipinski definition) is 5. The van der Waals surface area contributed by atoms with E-state index in [0.717, 1.165) is 5.56 Å². The van der Waals surface area contributed by atoms with Gasteiger partial charge in [0, 0.05) is 23.3 Å². The molecule has 0 aliphatic heterocycles. The molecule has 1 rings (SSSR count). The Bertz CT molecular complexity index is 296. The van der Waals surface area contributed by atoms with E-state index in [0.29, 0.717) is 17.4 Å². The van der Waals surface area contributed by atoms with Gasteiger partial charge in [0.25, 0.3) is 0 Å². The van der Waals surface area contributed by atoms with Crippen LogP contribution in [-0.4, -0.2) is 40.8 Å². The predicted octanol–water partition coefficient (Wildman–Crippen LogP) is 0.677. The molecule has 0 amide bonds. The van der Waals surface area contributed by atoms with Gasteiger partial charge in [-0.2, -0.15) is 11.8 Å². The van der Waals surface area contributed by atoms with Crippen molar-refractivity contribution >= 4 is 11.8 Å². The molecule has 1 unspecified atom stereocenters. The van der Waals surface area contributed by atoms with Crippen LogP contribution in [0.4, 0.5) is 0 Å². The van der Waals surface area contributed by atoms with Crippen molar-refractivity contribution in [1.29, 1.82) is 0 Å². The summed E-state index contributed by atoms with van der Waals surface area (Å²) in [4.78, 5) is 4.07. The number of rotatable bonds is 6. The van der Waals surface area contributed by atoms with Crippen molar-refractivity contribution in [3.63, 3.8) is 0 Å². The molecule has 0 saturated heterocycles. The fourth-order valence-electron chi connectivity index (χ4n) is 1.08. The monoisotopic (exact) mass is 229 g/mol. The molecule has 2 N–H and O–H groups in total. The molecule has 84 valence electrons. The predicted molar refractivity (Wildman–Crippen MR) is 60.0 cm³/mol. The minimum Gasteiger partial charge on any atom is -0.481 e. The lowest BCUT2D eigenvalue weighted by Gasteiger charge is -2.08. The second-order valence-electron chi connectivity index (χ2n) is 3.02. The molecule has 15 heavy (non-hydrogen) atoms. The quantitative estimate of drug-likeness (QED) is 0.751. The van der Waals surface area contributed by atoms with Gasteiger partial charge in [0.2, 0.25) is 5.88 Å². The lowest BCUT2D eigenvalue weighted by Crippen LogP contribution is -2.14. The van der Waals surface area contributed by atoms with Gasteiger partial charge in [0.15, 0.2) is 0 Å². The zero-order valence-corrected chi connectivity index (χ0v) is 9.41. The van der Waals surface area contributed by atoms with E-state index >= 15 is 0 Å². The van der Waals surface area contributed by atoms with Gasteiger partial charge in [0.1, 0.15) is 0 Å². The number of hydrogen-bond donors (Lipinski definition) is 2. The molecule has 0 aliphatic rings. The van der Waals surface area contributed by atoms with Crippen LogP contribution in [0.5, 0.6) is 5.88 Å². The SMILES string of the molecule is COc1ncccc1CSCC(O)CO. The highest BCUT2D eigenvalue weighted by atomic mass is 32.2. The van der Waals surface area contributed by atoms with E-state index in [4.69, 9.17) is 14.9 Å². The number of aliphatic hydroxyl groups excluding tert-OH is 2. The third kappa shape index (κ3) is 4.07. The average Bonchev–Trinajstić information content (AvgIpc) is 2.29. The topological polar surface area (TPSA) is 62.6 Å². The molecular weight excluding hydrogens is 214 g/mol. The minimum atomic E-state index is -0.655. The third-order valence-electron chi connectivity index (χ3n) is 1.82. The van der Waals surface area contributed by atoms with Gasteiger partial charge in [-0.1, -0.05) is 6.07 Å². The first-order valence-corrected chi connectivity index (χ1v) is 5.78. The van der Waals surface area contributed by atoms with Crippen LogP contribution in [0, 0.1) is 0 Å². The molecule has 5 heteroatoms. The van der Waals surface area contributed by atoms with Crippen molar-refractivity contribution < 1.29 is 14.9 Å². The highest BCUT2D eigenvalue weighted by molar-refractivity contribution is 7.98. The highest BCUT2D eigenvalue weighted by Gasteiger charge is 2.05. The van der Waals surface area contributed by atoms with Gasteiger partial charge in [-0.3, -0.25) is 0 Å². The Morgan fingerprint density at radius 3 is 3.07 bits per heavy atom. The number of thioether (sulfide) groups is 1.